The van der Waals surface area contributed by atoms with Crippen LogP contribution in [0.15, 0.2) is 72.9 Å². The Kier molecular flexibility index (Phi) is 52.8. The third-order valence-electron chi connectivity index (χ3n) is 12.2. The van der Waals surface area contributed by atoms with Gasteiger partial charge in [-0.3, -0.25) is 14.4 Å². The van der Waals surface area contributed by atoms with Crippen LogP contribution in [0.4, 0.5) is 0 Å². The highest BCUT2D eigenvalue weighted by molar-refractivity contribution is 5.71. The third-order valence-corrected chi connectivity index (χ3v) is 12.2. The number of esters is 3. The zero-order chi connectivity index (χ0) is 48.6. The van der Waals surface area contributed by atoms with Gasteiger partial charge >= 0.3 is 17.9 Å². The summed E-state index contributed by atoms with van der Waals surface area (Å²) in [4.78, 5) is 38.1. The first-order chi connectivity index (χ1) is 33.0. The van der Waals surface area contributed by atoms with Crippen LogP contribution in [-0.4, -0.2) is 37.2 Å². The molecule has 0 aliphatic rings. The van der Waals surface area contributed by atoms with Gasteiger partial charge in [0.2, 0.25) is 0 Å². The molecule has 6 heteroatoms. The van der Waals surface area contributed by atoms with Crippen LogP contribution in [0.2, 0.25) is 0 Å². The molecule has 0 bridgehead atoms. The van der Waals surface area contributed by atoms with E-state index in [1.165, 1.54) is 141 Å². The number of carbonyl (C=O) groups is 3. The number of carbonyl (C=O) groups excluding carboxylic acids is 3. The van der Waals surface area contributed by atoms with E-state index in [2.05, 4.69) is 93.7 Å². The van der Waals surface area contributed by atoms with Crippen molar-refractivity contribution in [3.05, 3.63) is 72.9 Å². The largest absolute Gasteiger partial charge is 0.462 e. The monoisotopic (exact) mass is 935 g/mol. The first-order valence-corrected chi connectivity index (χ1v) is 28.4. The van der Waals surface area contributed by atoms with Crippen molar-refractivity contribution >= 4 is 17.9 Å². The van der Waals surface area contributed by atoms with Gasteiger partial charge in [-0.15, -0.1) is 0 Å². The molecule has 6 nitrogen and oxygen atoms in total. The van der Waals surface area contributed by atoms with Gasteiger partial charge in [0.05, 0.1) is 0 Å². The summed E-state index contributed by atoms with van der Waals surface area (Å²) in [7, 11) is 0. The summed E-state index contributed by atoms with van der Waals surface area (Å²) >= 11 is 0. The lowest BCUT2D eigenvalue weighted by atomic mass is 10.1. The lowest BCUT2D eigenvalue weighted by Gasteiger charge is -2.18. The molecular formula is C61H106O6. The summed E-state index contributed by atoms with van der Waals surface area (Å²) < 4.78 is 16.8. The number of hydrogen-bond donors (Lipinski definition) is 0. The van der Waals surface area contributed by atoms with Crippen LogP contribution in [-0.2, 0) is 28.6 Å². The van der Waals surface area contributed by atoms with E-state index in [0.29, 0.717) is 19.3 Å². The van der Waals surface area contributed by atoms with Crippen molar-refractivity contribution in [3.8, 4) is 0 Å². The number of ether oxygens (including phenoxy) is 3. The Morgan fingerprint density at radius 1 is 0.299 bits per heavy atom. The van der Waals surface area contributed by atoms with Crippen molar-refractivity contribution in [2.24, 2.45) is 0 Å². The minimum atomic E-state index is -0.795. The van der Waals surface area contributed by atoms with Gasteiger partial charge in [0.25, 0.3) is 0 Å². The minimum Gasteiger partial charge on any atom is -0.462 e. The summed E-state index contributed by atoms with van der Waals surface area (Å²) in [6.45, 7) is 6.57. The molecule has 0 aliphatic heterocycles. The van der Waals surface area contributed by atoms with E-state index in [0.717, 1.165) is 96.3 Å². The Balaban J connectivity index is 4.45. The predicted octanol–water partition coefficient (Wildman–Crippen LogP) is 19.0. The van der Waals surface area contributed by atoms with Crippen LogP contribution in [0.1, 0.15) is 278 Å². The van der Waals surface area contributed by atoms with Gasteiger partial charge in [0, 0.05) is 19.3 Å². The Labute approximate surface area is 414 Å². The van der Waals surface area contributed by atoms with E-state index < -0.39 is 6.10 Å². The fourth-order valence-corrected chi connectivity index (χ4v) is 7.83. The molecule has 67 heavy (non-hydrogen) atoms. The Morgan fingerprint density at radius 2 is 0.537 bits per heavy atom. The van der Waals surface area contributed by atoms with Gasteiger partial charge in [0.1, 0.15) is 13.2 Å². The molecule has 0 aromatic rings. The second kappa shape index (κ2) is 55.4. The second-order valence-electron chi connectivity index (χ2n) is 18.8. The van der Waals surface area contributed by atoms with E-state index in [1.54, 1.807) is 0 Å². The van der Waals surface area contributed by atoms with Crippen LogP contribution in [0.3, 0.4) is 0 Å². The van der Waals surface area contributed by atoms with Crippen molar-refractivity contribution in [2.75, 3.05) is 13.2 Å². The van der Waals surface area contributed by atoms with Crippen molar-refractivity contribution in [2.45, 2.75) is 284 Å². The fourth-order valence-electron chi connectivity index (χ4n) is 7.83. The van der Waals surface area contributed by atoms with Crippen LogP contribution >= 0.6 is 0 Å². The molecule has 0 amide bonds. The van der Waals surface area contributed by atoms with E-state index in [4.69, 9.17) is 14.2 Å². The van der Waals surface area contributed by atoms with Crippen molar-refractivity contribution in [1.29, 1.82) is 0 Å². The van der Waals surface area contributed by atoms with Crippen LogP contribution in [0.5, 0.6) is 0 Å². The normalized spacial score (nSPS) is 12.6. The van der Waals surface area contributed by atoms with Crippen molar-refractivity contribution in [3.63, 3.8) is 0 Å². The number of allylic oxidation sites excluding steroid dienone is 12. The molecule has 0 spiro atoms. The van der Waals surface area contributed by atoms with E-state index in [1.807, 2.05) is 0 Å². The second-order valence-corrected chi connectivity index (χ2v) is 18.8. The summed E-state index contributed by atoms with van der Waals surface area (Å²) in [5, 5.41) is 0. The molecule has 0 aliphatic carbocycles. The van der Waals surface area contributed by atoms with Gasteiger partial charge < -0.3 is 14.2 Å². The average Bonchev–Trinajstić information content (AvgIpc) is 3.33. The molecule has 1 atom stereocenters. The van der Waals surface area contributed by atoms with Gasteiger partial charge in [-0.1, -0.05) is 216 Å². The molecule has 386 valence electrons. The Morgan fingerprint density at radius 3 is 0.910 bits per heavy atom. The lowest BCUT2D eigenvalue weighted by Crippen LogP contribution is -2.30. The molecule has 0 fully saturated rings. The molecule has 1 unspecified atom stereocenters. The predicted molar refractivity (Wildman–Crippen MR) is 288 cm³/mol. The third kappa shape index (κ3) is 53.7. The van der Waals surface area contributed by atoms with Crippen molar-refractivity contribution < 1.29 is 28.6 Å². The first-order valence-electron chi connectivity index (χ1n) is 28.4. The SMILES string of the molecule is CCCCCC=CCC=CCC=CCC=CCCCCCC(=O)OCC(COC(=O)CCCCCCCCCC=CCCCCCC)OC(=O)CCCCCCCC=CCCCCCCCC. The molecule has 0 radical (unpaired) electrons. The summed E-state index contributed by atoms with van der Waals surface area (Å²) in [5.74, 6) is -0.929. The highest BCUT2D eigenvalue weighted by Crippen LogP contribution is 2.14. The summed E-state index contributed by atoms with van der Waals surface area (Å²) in [6, 6.07) is 0. The molecule has 0 N–H and O–H groups in total. The molecule has 0 saturated heterocycles. The first kappa shape index (κ1) is 63.8. The molecule has 0 aromatic carbocycles. The van der Waals surface area contributed by atoms with Crippen molar-refractivity contribution in [1.82, 2.24) is 0 Å². The maximum Gasteiger partial charge on any atom is 0.306 e. The van der Waals surface area contributed by atoms with Crippen LogP contribution in [0, 0.1) is 0 Å². The highest BCUT2D eigenvalue weighted by atomic mass is 16.6. The Bertz CT molecular complexity index is 1260. The molecule has 0 aromatic heterocycles. The topological polar surface area (TPSA) is 78.9 Å². The molecule has 0 heterocycles. The maximum atomic E-state index is 12.8. The lowest BCUT2D eigenvalue weighted by molar-refractivity contribution is -0.167. The molecule has 0 saturated carbocycles. The molecule has 0 rings (SSSR count). The highest BCUT2D eigenvalue weighted by Gasteiger charge is 2.19. The summed E-state index contributed by atoms with van der Waals surface area (Å²) in [5.41, 5.74) is 0. The van der Waals surface area contributed by atoms with Gasteiger partial charge in [0.15, 0.2) is 6.10 Å². The average molecular weight is 936 g/mol. The van der Waals surface area contributed by atoms with E-state index in [-0.39, 0.29) is 31.1 Å². The standard InChI is InChI=1S/C61H106O6/c1-4-7-10-13-16-19-22-25-28-29-30-31-34-36-39-42-45-48-51-54-60(63)66-57-58(67-61(64)55-52-49-46-43-40-37-33-27-24-21-18-15-12-9-6-3)56-65-59(62)53-50-47-44-41-38-35-32-26-23-20-17-14-11-8-5-2/h16,19-20,23,25,27-28,30-31,33,36,39,58H,4-15,17-18,21-22,24,26,29,32,34-35,37-38,40-57H2,1-3H3. The van der Waals surface area contributed by atoms with E-state index >= 15 is 0 Å². The van der Waals surface area contributed by atoms with Crippen LogP contribution in [0.25, 0.3) is 0 Å². The van der Waals surface area contributed by atoms with Gasteiger partial charge in [-0.05, 0) is 116 Å². The minimum absolute atomic E-state index is 0.0908. The maximum absolute atomic E-state index is 12.8. The Hall–Kier alpha value is -3.15. The molecular weight excluding hydrogens is 829 g/mol. The number of unbranched alkanes of at least 4 members (excludes halogenated alkanes) is 28. The quantitative estimate of drug-likeness (QED) is 0.0262. The summed E-state index contributed by atoms with van der Waals surface area (Å²) in [6.07, 6.45) is 70.2. The van der Waals surface area contributed by atoms with Crippen LogP contribution < -0.4 is 0 Å². The smallest absolute Gasteiger partial charge is 0.306 e. The van der Waals surface area contributed by atoms with Gasteiger partial charge in [-0.2, -0.15) is 0 Å². The zero-order valence-corrected chi connectivity index (χ0v) is 44.2. The van der Waals surface area contributed by atoms with Gasteiger partial charge in [-0.25, -0.2) is 0 Å². The fraction of sp³-hybridized carbons (Fsp3) is 0.754. The zero-order valence-electron chi connectivity index (χ0n) is 44.2. The van der Waals surface area contributed by atoms with E-state index in [9.17, 15) is 14.4 Å². The number of rotatable bonds is 51. The number of hydrogen-bond acceptors (Lipinski definition) is 6.